The lowest BCUT2D eigenvalue weighted by molar-refractivity contribution is -0.120. The summed E-state index contributed by atoms with van der Waals surface area (Å²) in [5.74, 6) is 0.182. The fraction of sp³-hybridized carbons (Fsp3) is 0.923. The molecule has 2 atom stereocenters. The molecular formula is C13H23N3O. The summed E-state index contributed by atoms with van der Waals surface area (Å²) in [6.45, 7) is 3.01. The van der Waals surface area contributed by atoms with Gasteiger partial charge in [0.25, 0.3) is 0 Å². The highest BCUT2D eigenvalue weighted by atomic mass is 16.2. The normalized spacial score (nSPS) is 33.4. The van der Waals surface area contributed by atoms with Gasteiger partial charge in [0.15, 0.2) is 0 Å². The van der Waals surface area contributed by atoms with Gasteiger partial charge in [0.2, 0.25) is 5.91 Å². The van der Waals surface area contributed by atoms with E-state index in [0.717, 1.165) is 6.04 Å². The summed E-state index contributed by atoms with van der Waals surface area (Å²) in [6.07, 6.45) is 7.49. The third-order valence-electron chi connectivity index (χ3n) is 4.31. The maximum absolute atomic E-state index is 11.6. The molecule has 17 heavy (non-hydrogen) atoms. The number of carbonyl (C=O) groups is 1. The van der Waals surface area contributed by atoms with Crippen LogP contribution in [0.2, 0.25) is 0 Å². The van der Waals surface area contributed by atoms with Crippen molar-refractivity contribution >= 4 is 5.91 Å². The summed E-state index contributed by atoms with van der Waals surface area (Å²) >= 11 is 0. The van der Waals surface area contributed by atoms with Crippen LogP contribution in [-0.2, 0) is 4.79 Å². The average molecular weight is 237 g/mol. The van der Waals surface area contributed by atoms with E-state index in [1.807, 2.05) is 0 Å². The molecule has 1 amide bonds. The molecule has 4 heteroatoms. The fourth-order valence-corrected chi connectivity index (χ4v) is 3.15. The average Bonchev–Trinajstić information content (AvgIpc) is 3.01. The van der Waals surface area contributed by atoms with E-state index in [1.165, 1.54) is 51.6 Å². The minimum Gasteiger partial charge on any atom is -0.352 e. The van der Waals surface area contributed by atoms with Gasteiger partial charge >= 0.3 is 0 Å². The number of carbonyl (C=O) groups excluding carboxylic acids is 1. The third kappa shape index (κ3) is 2.99. The predicted molar refractivity (Wildman–Crippen MR) is 66.8 cm³/mol. The van der Waals surface area contributed by atoms with Gasteiger partial charge in [-0.1, -0.05) is 0 Å². The molecule has 0 radical (unpaired) electrons. The summed E-state index contributed by atoms with van der Waals surface area (Å²) in [6, 6.07) is 1.83. The number of nitrogens with zero attached hydrogens (tertiary/aromatic N) is 1. The van der Waals surface area contributed by atoms with E-state index in [9.17, 15) is 4.79 Å². The number of rotatable bonds is 4. The smallest absolute Gasteiger partial charge is 0.234 e. The Labute approximate surface area is 103 Å². The number of piperidine rings is 1. The Kier molecular flexibility index (Phi) is 3.34. The monoisotopic (exact) mass is 237 g/mol. The van der Waals surface area contributed by atoms with E-state index >= 15 is 0 Å². The molecule has 2 saturated heterocycles. The number of hydrogen-bond donors (Lipinski definition) is 2. The van der Waals surface area contributed by atoms with Crippen molar-refractivity contribution in [2.75, 3.05) is 19.6 Å². The molecule has 0 aromatic heterocycles. The van der Waals surface area contributed by atoms with Gasteiger partial charge in [0, 0.05) is 18.1 Å². The Balaban J connectivity index is 1.38. The fourth-order valence-electron chi connectivity index (χ4n) is 3.15. The zero-order valence-electron chi connectivity index (χ0n) is 10.5. The third-order valence-corrected chi connectivity index (χ3v) is 4.31. The van der Waals surface area contributed by atoms with Gasteiger partial charge in [0.1, 0.15) is 0 Å². The molecule has 1 aliphatic carbocycles. The predicted octanol–water partition coefficient (Wildman–Crippen LogP) is 0.481. The summed E-state index contributed by atoms with van der Waals surface area (Å²) in [4.78, 5) is 14.2. The summed E-state index contributed by atoms with van der Waals surface area (Å²) in [7, 11) is 0. The molecule has 96 valence electrons. The van der Waals surface area contributed by atoms with Gasteiger partial charge in [-0.15, -0.1) is 0 Å². The molecule has 3 fully saturated rings. The highest BCUT2D eigenvalue weighted by Gasteiger charge is 2.31. The van der Waals surface area contributed by atoms with Crippen LogP contribution in [0, 0.1) is 0 Å². The van der Waals surface area contributed by atoms with Crippen molar-refractivity contribution in [1.82, 2.24) is 15.5 Å². The molecule has 2 heterocycles. The topological polar surface area (TPSA) is 44.4 Å². The lowest BCUT2D eigenvalue weighted by atomic mass is 9.97. The van der Waals surface area contributed by atoms with E-state index < -0.39 is 0 Å². The molecule has 0 aromatic carbocycles. The Hall–Kier alpha value is -0.610. The molecule has 1 saturated carbocycles. The number of fused-ring (bicyclic) bond motifs is 1. The van der Waals surface area contributed by atoms with Crippen LogP contribution < -0.4 is 10.6 Å². The van der Waals surface area contributed by atoms with Crippen molar-refractivity contribution in [3.63, 3.8) is 0 Å². The zero-order valence-corrected chi connectivity index (χ0v) is 10.5. The van der Waals surface area contributed by atoms with E-state index in [1.54, 1.807) is 0 Å². The van der Waals surface area contributed by atoms with Gasteiger partial charge in [-0.05, 0) is 51.6 Å². The molecule has 3 rings (SSSR count). The van der Waals surface area contributed by atoms with Crippen LogP contribution in [0.3, 0.4) is 0 Å². The Morgan fingerprint density at radius 3 is 2.82 bits per heavy atom. The van der Waals surface area contributed by atoms with Gasteiger partial charge in [0.05, 0.1) is 6.54 Å². The second-order valence-corrected chi connectivity index (χ2v) is 5.78. The SMILES string of the molecule is O=C(CNC1CCN2CCCC2C1)NC1CC1. The number of amides is 1. The van der Waals surface area contributed by atoms with Crippen molar-refractivity contribution in [1.29, 1.82) is 0 Å². The molecule has 2 aliphatic heterocycles. The molecule has 0 spiro atoms. The van der Waals surface area contributed by atoms with E-state index in [0.29, 0.717) is 18.6 Å². The maximum atomic E-state index is 11.6. The highest BCUT2D eigenvalue weighted by Crippen LogP contribution is 2.26. The van der Waals surface area contributed by atoms with Crippen molar-refractivity contribution in [2.24, 2.45) is 0 Å². The zero-order chi connectivity index (χ0) is 11.7. The Morgan fingerprint density at radius 1 is 1.12 bits per heavy atom. The molecule has 2 N–H and O–H groups in total. The maximum Gasteiger partial charge on any atom is 0.234 e. The van der Waals surface area contributed by atoms with Crippen LogP contribution in [0.4, 0.5) is 0 Å². The number of nitrogens with one attached hydrogen (secondary N) is 2. The quantitative estimate of drug-likeness (QED) is 0.747. The first-order valence-corrected chi connectivity index (χ1v) is 7.08. The highest BCUT2D eigenvalue weighted by molar-refractivity contribution is 5.78. The van der Waals surface area contributed by atoms with Crippen LogP contribution in [0.15, 0.2) is 0 Å². The van der Waals surface area contributed by atoms with E-state index in [-0.39, 0.29) is 5.91 Å². The van der Waals surface area contributed by atoms with Crippen LogP contribution in [0.25, 0.3) is 0 Å². The second kappa shape index (κ2) is 4.94. The first kappa shape index (κ1) is 11.5. The lowest BCUT2D eigenvalue weighted by Crippen LogP contribution is -2.48. The van der Waals surface area contributed by atoms with Crippen molar-refractivity contribution in [3.05, 3.63) is 0 Å². The van der Waals surface area contributed by atoms with Crippen LogP contribution >= 0.6 is 0 Å². The van der Waals surface area contributed by atoms with Crippen LogP contribution in [0.5, 0.6) is 0 Å². The first-order chi connectivity index (χ1) is 8.31. The summed E-state index contributed by atoms with van der Waals surface area (Å²) < 4.78 is 0. The molecular weight excluding hydrogens is 214 g/mol. The Morgan fingerprint density at radius 2 is 2.00 bits per heavy atom. The van der Waals surface area contributed by atoms with Crippen LogP contribution in [0.1, 0.15) is 38.5 Å². The van der Waals surface area contributed by atoms with Crippen LogP contribution in [-0.4, -0.2) is 48.6 Å². The van der Waals surface area contributed by atoms with E-state index in [4.69, 9.17) is 0 Å². The van der Waals surface area contributed by atoms with Crippen molar-refractivity contribution < 1.29 is 4.79 Å². The molecule has 0 bridgehead atoms. The lowest BCUT2D eigenvalue weighted by Gasteiger charge is -2.35. The molecule has 4 nitrogen and oxygen atoms in total. The standard InChI is InChI=1S/C13H23N3O/c17-13(15-10-3-4-10)9-14-11-5-7-16-6-1-2-12(16)8-11/h10-12,14H,1-9H2,(H,15,17). The minimum atomic E-state index is 0.182. The van der Waals surface area contributed by atoms with Gasteiger partial charge in [-0.3, -0.25) is 4.79 Å². The first-order valence-electron chi connectivity index (χ1n) is 7.08. The van der Waals surface area contributed by atoms with Gasteiger partial charge in [-0.2, -0.15) is 0 Å². The molecule has 3 aliphatic rings. The summed E-state index contributed by atoms with van der Waals surface area (Å²) in [5.41, 5.74) is 0. The molecule has 0 aromatic rings. The second-order valence-electron chi connectivity index (χ2n) is 5.78. The molecule has 2 unspecified atom stereocenters. The van der Waals surface area contributed by atoms with Crippen molar-refractivity contribution in [3.8, 4) is 0 Å². The minimum absolute atomic E-state index is 0.182. The number of hydrogen-bond acceptors (Lipinski definition) is 3. The van der Waals surface area contributed by atoms with Crippen molar-refractivity contribution in [2.45, 2.75) is 56.7 Å². The van der Waals surface area contributed by atoms with E-state index in [2.05, 4.69) is 15.5 Å². The van der Waals surface area contributed by atoms with Gasteiger partial charge < -0.3 is 15.5 Å². The summed E-state index contributed by atoms with van der Waals surface area (Å²) in [5, 5.41) is 6.46. The van der Waals surface area contributed by atoms with Gasteiger partial charge in [-0.25, -0.2) is 0 Å². The Bertz CT molecular complexity index is 290. The largest absolute Gasteiger partial charge is 0.352 e.